The molecular formula is C20H26O4. The zero-order valence-electron chi connectivity index (χ0n) is 14.6. The lowest BCUT2D eigenvalue weighted by atomic mass is 9.97. The van der Waals surface area contributed by atoms with E-state index in [9.17, 15) is 14.7 Å². The highest BCUT2D eigenvalue weighted by molar-refractivity contribution is 6.01. The standard InChI is InChI=1S/C10H12O2.C7H6O.C3H8O/c1-10(2,12)9(11)8-6-4-3-5-7-8;8-6-7-4-2-1-3-5-7;1-3(2)4/h3-7,12H,1-2H3;1-6H;3-4H,1-2H3. The maximum atomic E-state index is 11.4. The molecular weight excluding hydrogens is 304 g/mol. The number of carbonyl (C=O) groups excluding carboxylic acids is 2. The summed E-state index contributed by atoms with van der Waals surface area (Å²) in [4.78, 5) is 21.4. The van der Waals surface area contributed by atoms with Crippen molar-refractivity contribution in [1.82, 2.24) is 0 Å². The van der Waals surface area contributed by atoms with Gasteiger partial charge in [-0.25, -0.2) is 0 Å². The second-order valence-corrected chi connectivity index (χ2v) is 5.88. The van der Waals surface area contributed by atoms with E-state index in [0.29, 0.717) is 5.56 Å². The minimum absolute atomic E-state index is 0.167. The first-order chi connectivity index (χ1) is 11.2. The monoisotopic (exact) mass is 330 g/mol. The van der Waals surface area contributed by atoms with E-state index < -0.39 is 5.60 Å². The Bertz CT molecular complexity index is 581. The Kier molecular flexibility index (Phi) is 10.2. The number of carbonyl (C=O) groups is 2. The van der Waals surface area contributed by atoms with Crippen LogP contribution in [0.5, 0.6) is 0 Å². The number of benzene rings is 2. The number of rotatable bonds is 3. The molecule has 0 aliphatic rings. The van der Waals surface area contributed by atoms with Gasteiger partial charge in [0.05, 0.1) is 0 Å². The minimum atomic E-state index is -1.28. The van der Waals surface area contributed by atoms with Crippen molar-refractivity contribution >= 4 is 12.1 Å². The average molecular weight is 330 g/mol. The summed E-state index contributed by atoms with van der Waals surface area (Å²) in [5.74, 6) is -0.247. The van der Waals surface area contributed by atoms with Gasteiger partial charge in [0.2, 0.25) is 0 Å². The molecule has 0 unspecified atom stereocenters. The highest BCUT2D eigenvalue weighted by Crippen LogP contribution is 2.11. The molecule has 0 bridgehead atoms. The number of ketones is 1. The van der Waals surface area contributed by atoms with Crippen molar-refractivity contribution in [2.24, 2.45) is 0 Å². The van der Waals surface area contributed by atoms with Gasteiger partial charge in [0.1, 0.15) is 11.9 Å². The van der Waals surface area contributed by atoms with Gasteiger partial charge in [-0.15, -0.1) is 0 Å². The highest BCUT2D eigenvalue weighted by atomic mass is 16.3. The van der Waals surface area contributed by atoms with Crippen LogP contribution in [-0.4, -0.2) is 34.0 Å². The van der Waals surface area contributed by atoms with Crippen molar-refractivity contribution in [1.29, 1.82) is 0 Å². The Morgan fingerprint density at radius 3 is 1.62 bits per heavy atom. The molecule has 0 spiro atoms. The number of aliphatic hydroxyl groups is 2. The minimum Gasteiger partial charge on any atom is -0.394 e. The van der Waals surface area contributed by atoms with E-state index in [1.54, 1.807) is 50.2 Å². The molecule has 0 amide bonds. The molecule has 0 saturated heterocycles. The van der Waals surface area contributed by atoms with E-state index in [2.05, 4.69) is 0 Å². The fourth-order valence-corrected chi connectivity index (χ4v) is 1.47. The lowest BCUT2D eigenvalue weighted by molar-refractivity contribution is 0.0488. The largest absolute Gasteiger partial charge is 0.394 e. The third-order valence-electron chi connectivity index (χ3n) is 2.53. The summed E-state index contributed by atoms with van der Waals surface area (Å²) in [6.07, 6.45) is 0.667. The van der Waals surface area contributed by atoms with Gasteiger partial charge in [0.15, 0.2) is 5.78 Å². The molecule has 0 heterocycles. The van der Waals surface area contributed by atoms with Crippen LogP contribution in [0.1, 0.15) is 48.4 Å². The summed E-state index contributed by atoms with van der Waals surface area (Å²) in [7, 11) is 0. The summed E-state index contributed by atoms with van der Waals surface area (Å²) in [5, 5.41) is 17.4. The Morgan fingerprint density at radius 2 is 1.33 bits per heavy atom. The molecule has 4 heteroatoms. The van der Waals surface area contributed by atoms with Crippen LogP contribution in [0.15, 0.2) is 60.7 Å². The van der Waals surface area contributed by atoms with Gasteiger partial charge < -0.3 is 10.2 Å². The van der Waals surface area contributed by atoms with Crippen LogP contribution >= 0.6 is 0 Å². The van der Waals surface area contributed by atoms with E-state index in [1.165, 1.54) is 13.8 Å². The zero-order chi connectivity index (χ0) is 18.6. The van der Waals surface area contributed by atoms with E-state index in [1.807, 2.05) is 24.3 Å². The highest BCUT2D eigenvalue weighted by Gasteiger charge is 2.24. The Hall–Kier alpha value is -2.30. The van der Waals surface area contributed by atoms with Crippen LogP contribution < -0.4 is 0 Å². The maximum absolute atomic E-state index is 11.4. The van der Waals surface area contributed by atoms with Crippen LogP contribution in [0.2, 0.25) is 0 Å². The molecule has 0 fully saturated rings. The van der Waals surface area contributed by atoms with E-state index in [4.69, 9.17) is 5.11 Å². The molecule has 2 N–H and O–H groups in total. The van der Waals surface area contributed by atoms with Crippen LogP contribution in [0.25, 0.3) is 0 Å². The molecule has 2 aromatic carbocycles. The molecule has 0 aliphatic carbocycles. The van der Waals surface area contributed by atoms with Crippen molar-refractivity contribution in [3.63, 3.8) is 0 Å². The summed E-state index contributed by atoms with van der Waals surface area (Å²) >= 11 is 0. The van der Waals surface area contributed by atoms with Crippen molar-refractivity contribution in [2.45, 2.75) is 39.4 Å². The number of hydrogen-bond acceptors (Lipinski definition) is 4. The maximum Gasteiger partial charge on any atom is 0.193 e. The number of Topliss-reactive ketones (excluding diaryl/α,β-unsaturated/α-hetero) is 1. The molecule has 2 rings (SSSR count). The van der Waals surface area contributed by atoms with E-state index >= 15 is 0 Å². The predicted octanol–water partition coefficient (Wildman–Crippen LogP) is 3.53. The van der Waals surface area contributed by atoms with Crippen molar-refractivity contribution in [3.05, 3.63) is 71.8 Å². The van der Waals surface area contributed by atoms with Crippen molar-refractivity contribution in [2.75, 3.05) is 0 Å². The second-order valence-electron chi connectivity index (χ2n) is 5.88. The van der Waals surface area contributed by atoms with Crippen LogP contribution in [-0.2, 0) is 0 Å². The van der Waals surface area contributed by atoms with Crippen LogP contribution in [0.4, 0.5) is 0 Å². The molecule has 4 nitrogen and oxygen atoms in total. The number of aliphatic hydroxyl groups excluding tert-OH is 1. The summed E-state index contributed by atoms with van der Waals surface area (Å²) < 4.78 is 0. The molecule has 0 saturated carbocycles. The Labute approximate surface area is 143 Å². The lowest BCUT2D eigenvalue weighted by Gasteiger charge is -2.14. The van der Waals surface area contributed by atoms with Crippen molar-refractivity contribution < 1.29 is 19.8 Å². The third-order valence-corrected chi connectivity index (χ3v) is 2.53. The normalized spacial score (nSPS) is 9.96. The molecule has 0 aliphatic heterocycles. The fourth-order valence-electron chi connectivity index (χ4n) is 1.47. The number of aldehydes is 1. The van der Waals surface area contributed by atoms with Gasteiger partial charge in [-0.1, -0.05) is 60.7 Å². The topological polar surface area (TPSA) is 74.6 Å². The van der Waals surface area contributed by atoms with E-state index in [-0.39, 0.29) is 11.9 Å². The summed E-state index contributed by atoms with van der Waals surface area (Å²) in [6.45, 7) is 6.42. The van der Waals surface area contributed by atoms with Gasteiger partial charge in [0.25, 0.3) is 0 Å². The van der Waals surface area contributed by atoms with Crippen molar-refractivity contribution in [3.8, 4) is 0 Å². The molecule has 130 valence electrons. The van der Waals surface area contributed by atoms with Gasteiger partial charge >= 0.3 is 0 Å². The number of hydrogen-bond donors (Lipinski definition) is 2. The molecule has 24 heavy (non-hydrogen) atoms. The quantitative estimate of drug-likeness (QED) is 0.667. The second kappa shape index (κ2) is 11.3. The van der Waals surface area contributed by atoms with Crippen LogP contribution in [0, 0.1) is 0 Å². The zero-order valence-corrected chi connectivity index (χ0v) is 14.6. The van der Waals surface area contributed by atoms with Gasteiger partial charge in [0, 0.05) is 17.2 Å². The Balaban J connectivity index is 0.000000379. The first kappa shape index (κ1) is 21.7. The third kappa shape index (κ3) is 10.4. The molecule has 0 aromatic heterocycles. The lowest BCUT2D eigenvalue weighted by Crippen LogP contribution is -2.30. The van der Waals surface area contributed by atoms with E-state index in [0.717, 1.165) is 11.8 Å². The van der Waals surface area contributed by atoms with Crippen LogP contribution in [0.3, 0.4) is 0 Å². The summed E-state index contributed by atoms with van der Waals surface area (Å²) in [5.41, 5.74) is -0.000972. The average Bonchev–Trinajstić information content (AvgIpc) is 2.55. The Morgan fingerprint density at radius 1 is 0.958 bits per heavy atom. The predicted molar refractivity (Wildman–Crippen MR) is 96.3 cm³/mol. The van der Waals surface area contributed by atoms with Gasteiger partial charge in [-0.05, 0) is 27.7 Å². The smallest absolute Gasteiger partial charge is 0.193 e. The fraction of sp³-hybridized carbons (Fsp3) is 0.300. The molecule has 2 aromatic rings. The summed E-state index contributed by atoms with van der Waals surface area (Å²) in [6, 6.07) is 17.9. The first-order valence-electron chi connectivity index (χ1n) is 7.69. The first-order valence-corrected chi connectivity index (χ1v) is 7.69. The molecule has 0 radical (unpaired) electrons. The van der Waals surface area contributed by atoms with Gasteiger partial charge in [-0.2, -0.15) is 0 Å². The van der Waals surface area contributed by atoms with Gasteiger partial charge in [-0.3, -0.25) is 9.59 Å². The molecule has 0 atom stereocenters. The SMILES string of the molecule is CC(C)(O)C(=O)c1ccccc1.CC(C)O.O=Cc1ccccc1.